The van der Waals surface area contributed by atoms with Gasteiger partial charge in [-0.05, 0) is 46.6 Å². The summed E-state index contributed by atoms with van der Waals surface area (Å²) in [6.45, 7) is 20.8. The van der Waals surface area contributed by atoms with Crippen LogP contribution in [0.4, 0.5) is 0 Å². The largest absolute Gasteiger partial charge is 0.372 e. The zero-order chi connectivity index (χ0) is 21.6. The Morgan fingerprint density at radius 2 is 1.93 bits per heavy atom. The molecule has 3 atom stereocenters. The van der Waals surface area contributed by atoms with Gasteiger partial charge >= 0.3 is 0 Å². The summed E-state index contributed by atoms with van der Waals surface area (Å²) in [5.74, 6) is 0.245. The number of rotatable bonds is 8. The molecule has 1 spiro atoms. The van der Waals surface area contributed by atoms with Gasteiger partial charge in [0.15, 0.2) is 0 Å². The van der Waals surface area contributed by atoms with E-state index in [4.69, 9.17) is 9.47 Å². The topological polar surface area (TPSA) is 42.0 Å². The lowest BCUT2D eigenvalue weighted by molar-refractivity contribution is -0.161. The highest BCUT2D eigenvalue weighted by atomic mass is 16.5. The number of ether oxygens (including phenoxy) is 2. The highest BCUT2D eigenvalue weighted by molar-refractivity contribution is 5.92. The third-order valence-corrected chi connectivity index (χ3v) is 6.46. The Hall–Kier alpha value is -1.17. The number of hydrogen-bond donors (Lipinski definition) is 0. The van der Waals surface area contributed by atoms with Crippen molar-refractivity contribution in [3.05, 3.63) is 24.3 Å². The minimum Gasteiger partial charge on any atom is -0.372 e. The Morgan fingerprint density at radius 1 is 1.28 bits per heavy atom. The minimum absolute atomic E-state index is 0.0791. The SMILES string of the molecule is C=CC(OC(C)C)C(C)/C=C(\C)C(=O)N1CCC2(CC1)CN(CC)C(CC)CO2. The van der Waals surface area contributed by atoms with Crippen LogP contribution in [0.2, 0.25) is 0 Å². The van der Waals surface area contributed by atoms with Gasteiger partial charge in [-0.2, -0.15) is 0 Å². The Balaban J connectivity index is 1.94. The van der Waals surface area contributed by atoms with E-state index in [2.05, 4.69) is 32.3 Å². The number of morpholine rings is 1. The summed E-state index contributed by atoms with van der Waals surface area (Å²) in [5, 5.41) is 0. The molecule has 166 valence electrons. The van der Waals surface area contributed by atoms with Crippen LogP contribution in [0.1, 0.15) is 60.8 Å². The van der Waals surface area contributed by atoms with E-state index >= 15 is 0 Å². The zero-order valence-electron chi connectivity index (χ0n) is 19.4. The van der Waals surface area contributed by atoms with E-state index in [0.29, 0.717) is 6.04 Å². The summed E-state index contributed by atoms with van der Waals surface area (Å²) in [5.41, 5.74) is 0.709. The number of nitrogens with zero attached hydrogens (tertiary/aromatic N) is 2. The van der Waals surface area contributed by atoms with Gasteiger partial charge in [-0.25, -0.2) is 0 Å². The summed E-state index contributed by atoms with van der Waals surface area (Å²) in [6, 6.07) is 0.530. The molecule has 3 unspecified atom stereocenters. The van der Waals surface area contributed by atoms with Crippen LogP contribution in [0.25, 0.3) is 0 Å². The lowest BCUT2D eigenvalue weighted by Crippen LogP contribution is -2.60. The molecule has 2 aliphatic heterocycles. The van der Waals surface area contributed by atoms with Crippen LogP contribution in [0.3, 0.4) is 0 Å². The Labute approximate surface area is 178 Å². The molecule has 0 N–H and O–H groups in total. The zero-order valence-corrected chi connectivity index (χ0v) is 19.4. The van der Waals surface area contributed by atoms with E-state index in [9.17, 15) is 4.79 Å². The normalized spacial score (nSPS) is 25.3. The maximum atomic E-state index is 13.0. The summed E-state index contributed by atoms with van der Waals surface area (Å²) in [4.78, 5) is 17.5. The van der Waals surface area contributed by atoms with E-state index in [1.54, 1.807) is 0 Å². The van der Waals surface area contributed by atoms with Gasteiger partial charge in [0.1, 0.15) is 0 Å². The van der Waals surface area contributed by atoms with Gasteiger partial charge in [-0.1, -0.05) is 32.9 Å². The first-order valence-electron chi connectivity index (χ1n) is 11.4. The van der Waals surface area contributed by atoms with Crippen LogP contribution in [0, 0.1) is 5.92 Å². The molecule has 5 nitrogen and oxygen atoms in total. The van der Waals surface area contributed by atoms with E-state index in [1.165, 1.54) is 0 Å². The van der Waals surface area contributed by atoms with E-state index < -0.39 is 0 Å². The fourth-order valence-electron chi connectivity index (χ4n) is 4.61. The second-order valence-corrected chi connectivity index (χ2v) is 9.01. The maximum Gasteiger partial charge on any atom is 0.249 e. The Morgan fingerprint density at radius 3 is 2.45 bits per heavy atom. The molecule has 2 rings (SSSR count). The highest BCUT2D eigenvalue weighted by Gasteiger charge is 2.42. The third kappa shape index (κ3) is 6.16. The number of likely N-dealkylation sites (N-methyl/N-ethyl adjacent to an activating group) is 1. The molecule has 2 heterocycles. The predicted molar refractivity (Wildman–Crippen MR) is 119 cm³/mol. The standard InChI is InChI=1S/C24H42N2O3/c1-8-21-16-28-24(17-25(21)10-3)11-13-26(14-12-24)23(27)20(7)15-19(6)22(9-2)29-18(4)5/h9,15,18-19,21-22H,2,8,10-14,16-17H2,1,3-7H3/b20-15+. The molecule has 5 heteroatoms. The first-order valence-corrected chi connectivity index (χ1v) is 11.4. The summed E-state index contributed by atoms with van der Waals surface area (Å²) >= 11 is 0. The number of hydrogen-bond acceptors (Lipinski definition) is 4. The molecule has 0 aromatic heterocycles. The summed E-state index contributed by atoms with van der Waals surface area (Å²) < 4.78 is 12.2. The van der Waals surface area contributed by atoms with Crippen molar-refractivity contribution in [1.29, 1.82) is 0 Å². The molecule has 0 aromatic carbocycles. The summed E-state index contributed by atoms with van der Waals surface area (Å²) in [6.07, 6.45) is 6.87. The van der Waals surface area contributed by atoms with Gasteiger partial charge in [-0.3, -0.25) is 9.69 Å². The minimum atomic E-state index is -0.0809. The maximum absolute atomic E-state index is 13.0. The predicted octanol–water partition coefficient (Wildman–Crippen LogP) is 4.04. The Kier molecular flexibility index (Phi) is 8.92. The van der Waals surface area contributed by atoms with Crippen LogP contribution < -0.4 is 0 Å². The van der Waals surface area contributed by atoms with Crippen molar-refractivity contribution < 1.29 is 14.3 Å². The molecule has 1 amide bonds. The van der Waals surface area contributed by atoms with Crippen LogP contribution in [-0.4, -0.2) is 72.3 Å². The second-order valence-electron chi connectivity index (χ2n) is 9.01. The van der Waals surface area contributed by atoms with Gasteiger partial charge in [0.25, 0.3) is 0 Å². The van der Waals surface area contributed by atoms with Crippen molar-refractivity contribution in [1.82, 2.24) is 9.80 Å². The third-order valence-electron chi connectivity index (χ3n) is 6.46. The fourth-order valence-corrected chi connectivity index (χ4v) is 4.61. The molecule has 0 saturated carbocycles. The van der Waals surface area contributed by atoms with Crippen molar-refractivity contribution in [2.24, 2.45) is 5.92 Å². The van der Waals surface area contributed by atoms with Crippen LogP contribution in [0.5, 0.6) is 0 Å². The van der Waals surface area contributed by atoms with Crippen LogP contribution in [-0.2, 0) is 14.3 Å². The first-order chi connectivity index (χ1) is 13.7. The molecule has 0 radical (unpaired) electrons. The Bertz CT molecular complexity index is 579. The van der Waals surface area contributed by atoms with Gasteiger partial charge in [0.05, 0.1) is 24.4 Å². The molecule has 2 fully saturated rings. The van der Waals surface area contributed by atoms with Gasteiger partial charge in [-0.15, -0.1) is 6.58 Å². The van der Waals surface area contributed by atoms with Crippen molar-refractivity contribution in [3.63, 3.8) is 0 Å². The lowest BCUT2D eigenvalue weighted by Gasteiger charge is -2.50. The van der Waals surface area contributed by atoms with E-state index in [1.807, 2.05) is 37.8 Å². The number of likely N-dealkylation sites (tertiary alicyclic amines) is 1. The number of carbonyl (C=O) groups is 1. The van der Waals surface area contributed by atoms with Gasteiger partial charge in [0.2, 0.25) is 5.91 Å². The molecule has 2 aliphatic rings. The molecule has 0 bridgehead atoms. The van der Waals surface area contributed by atoms with Crippen molar-refractivity contribution in [2.45, 2.75) is 84.7 Å². The van der Waals surface area contributed by atoms with Gasteiger partial charge in [0, 0.05) is 37.2 Å². The molecular formula is C24H42N2O3. The van der Waals surface area contributed by atoms with E-state index in [0.717, 1.165) is 57.6 Å². The van der Waals surface area contributed by atoms with Crippen LogP contribution >= 0.6 is 0 Å². The average molecular weight is 407 g/mol. The number of amides is 1. The molecule has 2 saturated heterocycles. The van der Waals surface area contributed by atoms with Crippen LogP contribution in [0.15, 0.2) is 24.3 Å². The van der Waals surface area contributed by atoms with Crippen molar-refractivity contribution in [3.8, 4) is 0 Å². The molecular weight excluding hydrogens is 364 g/mol. The second kappa shape index (κ2) is 10.7. The quantitative estimate of drug-likeness (QED) is 0.451. The smallest absolute Gasteiger partial charge is 0.249 e. The molecule has 29 heavy (non-hydrogen) atoms. The van der Waals surface area contributed by atoms with Crippen molar-refractivity contribution in [2.75, 3.05) is 32.8 Å². The lowest BCUT2D eigenvalue weighted by atomic mass is 9.87. The average Bonchev–Trinajstić information content (AvgIpc) is 2.71. The fraction of sp³-hybridized carbons (Fsp3) is 0.792. The first kappa shape index (κ1) is 24.1. The van der Waals surface area contributed by atoms with Crippen molar-refractivity contribution >= 4 is 5.91 Å². The highest BCUT2D eigenvalue weighted by Crippen LogP contribution is 2.33. The van der Waals surface area contributed by atoms with E-state index in [-0.39, 0.29) is 29.6 Å². The monoisotopic (exact) mass is 406 g/mol. The van der Waals surface area contributed by atoms with Gasteiger partial charge < -0.3 is 14.4 Å². The molecule has 0 aromatic rings. The summed E-state index contributed by atoms with van der Waals surface area (Å²) in [7, 11) is 0. The number of carbonyl (C=O) groups excluding carboxylic acids is 1. The molecule has 0 aliphatic carbocycles. The number of piperidine rings is 1.